The van der Waals surface area contributed by atoms with E-state index in [0.717, 1.165) is 5.82 Å². The van der Waals surface area contributed by atoms with Crippen molar-refractivity contribution in [3.05, 3.63) is 12.0 Å². The number of aromatic nitrogens is 2. The molecule has 0 aliphatic carbocycles. The van der Waals surface area contributed by atoms with Gasteiger partial charge in [-0.3, -0.25) is 0 Å². The van der Waals surface area contributed by atoms with Crippen LogP contribution in [0.3, 0.4) is 0 Å². The Bertz CT molecular complexity index is 373. The van der Waals surface area contributed by atoms with Crippen molar-refractivity contribution < 1.29 is 8.42 Å². The highest BCUT2D eigenvalue weighted by Crippen LogP contribution is 2.10. The van der Waals surface area contributed by atoms with Gasteiger partial charge in [0, 0.05) is 13.2 Å². The van der Waals surface area contributed by atoms with E-state index in [0.29, 0.717) is 6.42 Å². The molecule has 1 aromatic rings. The lowest BCUT2D eigenvalue weighted by molar-refractivity contribution is 0.591. The molecule has 74 valence electrons. The predicted octanol–water partition coefficient (Wildman–Crippen LogP) is 0.912. The Kier molecular flexibility index (Phi) is 2.75. The van der Waals surface area contributed by atoms with E-state index in [9.17, 15) is 8.42 Å². The van der Waals surface area contributed by atoms with Crippen LogP contribution >= 0.6 is 0 Å². The fourth-order valence-corrected chi connectivity index (χ4v) is 2.39. The van der Waals surface area contributed by atoms with Crippen LogP contribution in [0.25, 0.3) is 0 Å². The first-order chi connectivity index (χ1) is 5.97. The summed E-state index contributed by atoms with van der Waals surface area (Å²) in [6, 6.07) is 0. The Labute approximate surface area is 78.5 Å². The highest BCUT2D eigenvalue weighted by atomic mass is 32.2. The third kappa shape index (κ3) is 2.09. The summed E-state index contributed by atoms with van der Waals surface area (Å²) in [6.07, 6.45) is 2.18. The second kappa shape index (κ2) is 3.49. The lowest BCUT2D eigenvalue weighted by Crippen LogP contribution is -2.06. The van der Waals surface area contributed by atoms with Crippen LogP contribution in [0.1, 0.15) is 19.2 Å². The third-order valence-corrected chi connectivity index (χ3v) is 3.66. The summed E-state index contributed by atoms with van der Waals surface area (Å²) in [5, 5.41) is 0.189. The summed E-state index contributed by atoms with van der Waals surface area (Å²) < 4.78 is 24.8. The zero-order valence-electron chi connectivity index (χ0n) is 8.11. The number of aryl methyl sites for hydroxylation is 2. The van der Waals surface area contributed by atoms with Crippen molar-refractivity contribution in [1.82, 2.24) is 9.55 Å². The molecule has 5 heteroatoms. The Morgan fingerprint density at radius 1 is 1.54 bits per heavy atom. The minimum absolute atomic E-state index is 0.170. The van der Waals surface area contributed by atoms with Crippen molar-refractivity contribution >= 4 is 9.84 Å². The van der Waals surface area contributed by atoms with Gasteiger partial charge in [-0.05, 0) is 13.3 Å². The Morgan fingerprint density at radius 2 is 2.15 bits per heavy atom. The largest absolute Gasteiger partial charge is 0.337 e. The summed E-state index contributed by atoms with van der Waals surface area (Å²) in [5.41, 5.74) is 0. The van der Waals surface area contributed by atoms with Crippen LogP contribution in [0.2, 0.25) is 0 Å². The number of hydrogen-bond acceptors (Lipinski definition) is 3. The molecule has 0 saturated heterocycles. The quantitative estimate of drug-likeness (QED) is 0.732. The first kappa shape index (κ1) is 10.2. The fraction of sp³-hybridized carbons (Fsp3) is 0.625. The SMILES string of the molecule is CCCS(=O)(=O)c1cn(C)c(C)n1. The monoisotopic (exact) mass is 202 g/mol. The molecule has 0 aliphatic rings. The van der Waals surface area contributed by atoms with Gasteiger partial charge in [0.25, 0.3) is 0 Å². The third-order valence-electron chi connectivity index (χ3n) is 1.88. The molecule has 0 unspecified atom stereocenters. The van der Waals surface area contributed by atoms with Gasteiger partial charge in [0.2, 0.25) is 0 Å². The summed E-state index contributed by atoms with van der Waals surface area (Å²) in [6.45, 7) is 3.62. The molecule has 1 rings (SSSR count). The summed E-state index contributed by atoms with van der Waals surface area (Å²) >= 11 is 0. The smallest absolute Gasteiger partial charge is 0.197 e. The zero-order chi connectivity index (χ0) is 10.1. The Balaban J connectivity index is 3.08. The Morgan fingerprint density at radius 3 is 2.54 bits per heavy atom. The number of imidazole rings is 1. The van der Waals surface area contributed by atoms with Crippen LogP contribution in [-0.4, -0.2) is 23.7 Å². The fourth-order valence-electron chi connectivity index (χ4n) is 1.05. The molecular formula is C8H14N2O2S. The summed E-state index contributed by atoms with van der Waals surface area (Å²) in [4.78, 5) is 3.98. The normalized spacial score (nSPS) is 11.9. The lowest BCUT2D eigenvalue weighted by Gasteiger charge is -1.95. The minimum atomic E-state index is -3.14. The second-order valence-corrected chi connectivity index (χ2v) is 5.11. The molecule has 0 atom stereocenters. The molecule has 0 saturated carbocycles. The van der Waals surface area contributed by atoms with E-state index in [1.165, 1.54) is 0 Å². The Hall–Kier alpha value is -0.840. The van der Waals surface area contributed by atoms with Crippen LogP contribution in [0, 0.1) is 6.92 Å². The molecule has 0 spiro atoms. The van der Waals surface area contributed by atoms with Gasteiger partial charge in [0.15, 0.2) is 14.9 Å². The van der Waals surface area contributed by atoms with E-state index < -0.39 is 9.84 Å². The predicted molar refractivity (Wildman–Crippen MR) is 50.3 cm³/mol. The van der Waals surface area contributed by atoms with Gasteiger partial charge in [-0.1, -0.05) is 6.92 Å². The maximum atomic E-state index is 11.5. The number of nitrogens with zero attached hydrogens (tertiary/aromatic N) is 2. The molecule has 0 aliphatic heterocycles. The molecule has 1 aromatic heterocycles. The van der Waals surface area contributed by atoms with Gasteiger partial charge < -0.3 is 4.57 Å². The molecule has 0 bridgehead atoms. The maximum absolute atomic E-state index is 11.5. The maximum Gasteiger partial charge on any atom is 0.197 e. The van der Waals surface area contributed by atoms with Crippen LogP contribution in [0.15, 0.2) is 11.2 Å². The molecule has 0 radical (unpaired) electrons. The van der Waals surface area contributed by atoms with Crippen LogP contribution in [0.5, 0.6) is 0 Å². The van der Waals surface area contributed by atoms with E-state index in [1.807, 2.05) is 6.92 Å². The van der Waals surface area contributed by atoms with Crippen molar-refractivity contribution in [1.29, 1.82) is 0 Å². The van der Waals surface area contributed by atoms with Gasteiger partial charge in [-0.25, -0.2) is 13.4 Å². The van der Waals surface area contributed by atoms with E-state index >= 15 is 0 Å². The highest BCUT2D eigenvalue weighted by Gasteiger charge is 2.16. The topological polar surface area (TPSA) is 52.0 Å². The van der Waals surface area contributed by atoms with Gasteiger partial charge in [-0.2, -0.15) is 0 Å². The van der Waals surface area contributed by atoms with Crippen LogP contribution in [-0.2, 0) is 16.9 Å². The highest BCUT2D eigenvalue weighted by molar-refractivity contribution is 7.91. The van der Waals surface area contributed by atoms with Crippen molar-refractivity contribution in [2.45, 2.75) is 25.3 Å². The summed E-state index contributed by atoms with van der Waals surface area (Å²) in [7, 11) is -1.36. The number of hydrogen-bond donors (Lipinski definition) is 0. The van der Waals surface area contributed by atoms with Crippen LogP contribution in [0.4, 0.5) is 0 Å². The van der Waals surface area contributed by atoms with Crippen molar-refractivity contribution in [2.24, 2.45) is 7.05 Å². The van der Waals surface area contributed by atoms with Gasteiger partial charge in [0.1, 0.15) is 5.82 Å². The van der Waals surface area contributed by atoms with E-state index in [2.05, 4.69) is 4.98 Å². The second-order valence-electron chi connectivity index (χ2n) is 3.06. The zero-order valence-corrected chi connectivity index (χ0v) is 8.93. The molecule has 13 heavy (non-hydrogen) atoms. The minimum Gasteiger partial charge on any atom is -0.337 e. The van der Waals surface area contributed by atoms with E-state index in [4.69, 9.17) is 0 Å². The standard InChI is InChI=1S/C8H14N2O2S/c1-4-5-13(11,12)8-6-10(3)7(2)9-8/h6H,4-5H2,1-3H3. The molecule has 0 N–H and O–H groups in total. The van der Waals surface area contributed by atoms with Gasteiger partial charge in [0.05, 0.1) is 5.75 Å². The first-order valence-electron chi connectivity index (χ1n) is 4.20. The number of sulfone groups is 1. The summed E-state index contributed by atoms with van der Waals surface area (Å²) in [5.74, 6) is 0.887. The molecule has 1 heterocycles. The van der Waals surface area contributed by atoms with Gasteiger partial charge in [-0.15, -0.1) is 0 Å². The average molecular weight is 202 g/mol. The molecular weight excluding hydrogens is 188 g/mol. The van der Waals surface area contributed by atoms with E-state index in [1.54, 1.807) is 24.7 Å². The molecule has 0 amide bonds. The molecule has 4 nitrogen and oxygen atoms in total. The first-order valence-corrected chi connectivity index (χ1v) is 5.85. The molecule has 0 aromatic carbocycles. The van der Waals surface area contributed by atoms with Crippen molar-refractivity contribution in [2.75, 3.05) is 5.75 Å². The average Bonchev–Trinajstić information content (AvgIpc) is 2.33. The van der Waals surface area contributed by atoms with Crippen molar-refractivity contribution in [3.63, 3.8) is 0 Å². The van der Waals surface area contributed by atoms with Gasteiger partial charge >= 0.3 is 0 Å². The lowest BCUT2D eigenvalue weighted by atomic mass is 10.6. The van der Waals surface area contributed by atoms with E-state index in [-0.39, 0.29) is 10.8 Å². The number of rotatable bonds is 3. The molecule has 0 fully saturated rings. The van der Waals surface area contributed by atoms with Crippen molar-refractivity contribution in [3.8, 4) is 0 Å². The van der Waals surface area contributed by atoms with Crippen LogP contribution < -0.4 is 0 Å².